The molecule has 3 aromatic rings. The number of benzene rings is 2. The maximum absolute atomic E-state index is 13.5. The molecule has 4 rings (SSSR count). The van der Waals surface area contributed by atoms with Gasteiger partial charge >= 0.3 is 5.97 Å². The fourth-order valence-corrected chi connectivity index (χ4v) is 4.69. The quantitative estimate of drug-likeness (QED) is 0.463. The molecule has 0 bridgehead atoms. The van der Waals surface area contributed by atoms with Crippen LogP contribution in [0.3, 0.4) is 0 Å². The summed E-state index contributed by atoms with van der Waals surface area (Å²) in [5.74, 6) is -0.811. The third kappa shape index (κ3) is 4.03. The molecular weight excluding hydrogens is 447 g/mol. The second kappa shape index (κ2) is 8.30. The number of carbonyl (C=O) groups excluding carboxylic acids is 2. The molecule has 7 heteroatoms. The number of rotatable bonds is 3. The van der Waals surface area contributed by atoms with E-state index in [1.807, 2.05) is 24.3 Å². The highest BCUT2D eigenvalue weighted by molar-refractivity contribution is 6.36. The number of aromatic nitrogens is 1. The van der Waals surface area contributed by atoms with Crippen molar-refractivity contribution in [1.82, 2.24) is 9.88 Å². The topological polar surface area (TPSA) is 62.4 Å². The van der Waals surface area contributed by atoms with Gasteiger partial charge in [-0.15, -0.1) is 0 Å². The maximum Gasteiger partial charge on any atom is 0.342 e. The predicted molar refractivity (Wildman–Crippen MR) is 128 cm³/mol. The van der Waals surface area contributed by atoms with Crippen LogP contribution in [0.25, 0.3) is 16.5 Å². The molecule has 1 aliphatic rings. The van der Waals surface area contributed by atoms with E-state index in [4.69, 9.17) is 27.9 Å². The van der Waals surface area contributed by atoms with Crippen molar-refractivity contribution in [3.8, 4) is 0 Å². The van der Waals surface area contributed by atoms with Crippen LogP contribution in [0.15, 0.2) is 48.7 Å². The Bertz CT molecular complexity index is 1260. The summed E-state index contributed by atoms with van der Waals surface area (Å²) in [5, 5.41) is 1.71. The molecule has 1 aliphatic heterocycles. The maximum atomic E-state index is 13.5. The lowest BCUT2D eigenvalue weighted by Crippen LogP contribution is -2.37. The number of fused-ring (bicyclic) bond motifs is 3. The van der Waals surface area contributed by atoms with Gasteiger partial charge in [0, 0.05) is 34.1 Å². The van der Waals surface area contributed by atoms with Gasteiger partial charge in [0.1, 0.15) is 0 Å². The minimum Gasteiger partial charge on any atom is -0.459 e. The minimum atomic E-state index is -0.495. The highest BCUT2D eigenvalue weighted by atomic mass is 35.5. The van der Waals surface area contributed by atoms with Gasteiger partial charge in [0.05, 0.1) is 28.0 Å². The van der Waals surface area contributed by atoms with Crippen molar-refractivity contribution in [3.05, 3.63) is 75.5 Å². The molecule has 0 saturated carbocycles. The smallest absolute Gasteiger partial charge is 0.342 e. The van der Waals surface area contributed by atoms with Crippen molar-refractivity contribution in [2.45, 2.75) is 39.2 Å². The number of nitrogens with zero attached hydrogens (tertiary/aromatic N) is 1. The van der Waals surface area contributed by atoms with E-state index in [1.54, 1.807) is 32.2 Å². The van der Waals surface area contributed by atoms with Crippen LogP contribution in [0.5, 0.6) is 0 Å². The summed E-state index contributed by atoms with van der Waals surface area (Å²) >= 11 is 12.3. The Morgan fingerprint density at radius 3 is 2.53 bits per heavy atom. The Labute approximate surface area is 197 Å². The van der Waals surface area contributed by atoms with Gasteiger partial charge in [0.15, 0.2) is 0 Å². The lowest BCUT2D eigenvalue weighted by molar-refractivity contribution is -0.140. The largest absolute Gasteiger partial charge is 0.459 e. The molecule has 2 aromatic carbocycles. The number of amides is 1. The van der Waals surface area contributed by atoms with Crippen LogP contribution in [0, 0.1) is 0 Å². The van der Waals surface area contributed by atoms with Crippen LogP contribution < -0.4 is 0 Å². The fraction of sp³-hybridized carbons (Fsp3) is 0.280. The number of hydrogen-bond donors (Lipinski definition) is 1. The Hall–Kier alpha value is -2.76. The summed E-state index contributed by atoms with van der Waals surface area (Å²) in [4.78, 5) is 31.5. The van der Waals surface area contributed by atoms with E-state index in [-0.39, 0.29) is 17.0 Å². The molecule has 5 nitrogen and oxygen atoms in total. The van der Waals surface area contributed by atoms with Gasteiger partial charge in [-0.05, 0) is 43.7 Å². The highest BCUT2D eigenvalue weighted by Crippen LogP contribution is 2.41. The van der Waals surface area contributed by atoms with E-state index in [1.165, 1.54) is 11.0 Å². The lowest BCUT2D eigenvalue weighted by atomic mass is 9.81. The fourth-order valence-electron chi connectivity index (χ4n) is 4.20. The number of esters is 1. The number of H-pyrrole nitrogens is 1. The van der Waals surface area contributed by atoms with Crippen LogP contribution in [-0.4, -0.2) is 34.4 Å². The molecule has 0 saturated heterocycles. The van der Waals surface area contributed by atoms with E-state index in [0.29, 0.717) is 28.4 Å². The average molecular weight is 471 g/mol. The third-order valence-corrected chi connectivity index (χ3v) is 6.04. The Morgan fingerprint density at radius 2 is 1.84 bits per heavy atom. The summed E-state index contributed by atoms with van der Waals surface area (Å²) in [6.45, 7) is 8.04. The summed E-state index contributed by atoms with van der Waals surface area (Å²) in [6.07, 6.45) is 1.27. The number of halogens is 2. The Kier molecular flexibility index (Phi) is 5.82. The van der Waals surface area contributed by atoms with Crippen LogP contribution in [0.4, 0.5) is 0 Å². The van der Waals surface area contributed by atoms with Crippen molar-refractivity contribution in [1.29, 1.82) is 0 Å². The molecule has 0 fully saturated rings. The first-order valence-electron chi connectivity index (χ1n) is 10.4. The number of nitrogens with one attached hydrogen (secondary N) is 1. The van der Waals surface area contributed by atoms with E-state index >= 15 is 0 Å². The zero-order valence-electron chi connectivity index (χ0n) is 18.3. The molecular formula is C25H24Cl2N2O3. The second-order valence-corrected chi connectivity index (χ2v) is 9.70. The van der Waals surface area contributed by atoms with Crippen molar-refractivity contribution in [3.63, 3.8) is 0 Å². The molecule has 1 aromatic heterocycles. The molecule has 0 unspecified atom stereocenters. The zero-order valence-corrected chi connectivity index (χ0v) is 19.8. The summed E-state index contributed by atoms with van der Waals surface area (Å²) in [7, 11) is 0. The number of hydrogen-bond acceptors (Lipinski definition) is 3. The molecule has 0 aliphatic carbocycles. The van der Waals surface area contributed by atoms with Gasteiger partial charge in [0.2, 0.25) is 0 Å². The molecule has 0 radical (unpaired) electrons. The third-order valence-electron chi connectivity index (χ3n) is 5.49. The first-order valence-corrected chi connectivity index (χ1v) is 11.1. The zero-order chi connectivity index (χ0) is 23.2. The van der Waals surface area contributed by atoms with E-state index in [9.17, 15) is 9.59 Å². The number of para-hydroxylation sites is 1. The van der Waals surface area contributed by atoms with Gasteiger partial charge in [-0.3, -0.25) is 4.79 Å². The molecule has 2 heterocycles. The van der Waals surface area contributed by atoms with Gasteiger partial charge in [-0.25, -0.2) is 4.79 Å². The normalized spacial score (nSPS) is 15.3. The monoisotopic (exact) mass is 470 g/mol. The second-order valence-electron chi connectivity index (χ2n) is 8.86. The molecule has 1 amide bonds. The van der Waals surface area contributed by atoms with Crippen LogP contribution in [0.2, 0.25) is 10.0 Å². The number of carbonyl (C=O) groups is 2. The van der Waals surface area contributed by atoms with Gasteiger partial charge in [-0.1, -0.05) is 55.2 Å². The van der Waals surface area contributed by atoms with Crippen LogP contribution in [0.1, 0.15) is 49.3 Å². The Balaban J connectivity index is 1.90. The molecule has 166 valence electrons. The minimum absolute atomic E-state index is 0.258. The summed E-state index contributed by atoms with van der Waals surface area (Å²) in [5.41, 5.74) is 2.70. The number of ether oxygens (including phenoxy) is 1. The summed E-state index contributed by atoms with van der Waals surface area (Å²) < 4.78 is 5.53. The Morgan fingerprint density at radius 1 is 1.12 bits per heavy atom. The van der Waals surface area contributed by atoms with E-state index in [0.717, 1.165) is 16.5 Å². The van der Waals surface area contributed by atoms with Crippen molar-refractivity contribution < 1.29 is 14.3 Å². The van der Waals surface area contributed by atoms with Crippen molar-refractivity contribution in [2.75, 3.05) is 6.54 Å². The van der Waals surface area contributed by atoms with Gasteiger partial charge < -0.3 is 14.6 Å². The van der Waals surface area contributed by atoms with Crippen molar-refractivity contribution >= 4 is 51.6 Å². The lowest BCUT2D eigenvalue weighted by Gasteiger charge is -2.30. The van der Waals surface area contributed by atoms with Crippen LogP contribution in [-0.2, 0) is 14.9 Å². The standard InChI is InChI=1S/C25H24Cl2N2O3/c1-14(2)32-24(31)18-12-29(23(30)16-10-9-15(26)11-19(16)27)13-25(3,4)21-17-7-5-6-8-20(17)28-22(18)21/h5-12,14,28H,13H2,1-4H3. The molecule has 32 heavy (non-hydrogen) atoms. The molecule has 1 N–H and O–H groups in total. The molecule has 0 spiro atoms. The average Bonchev–Trinajstić information content (AvgIpc) is 3.04. The van der Waals surface area contributed by atoms with Gasteiger partial charge in [-0.2, -0.15) is 0 Å². The molecule has 0 atom stereocenters. The van der Waals surface area contributed by atoms with Crippen molar-refractivity contribution in [2.24, 2.45) is 0 Å². The van der Waals surface area contributed by atoms with E-state index in [2.05, 4.69) is 18.8 Å². The first-order chi connectivity index (χ1) is 15.1. The van der Waals surface area contributed by atoms with E-state index < -0.39 is 11.4 Å². The van der Waals surface area contributed by atoms with Crippen LogP contribution >= 0.6 is 23.2 Å². The SMILES string of the molecule is CC(C)OC(=O)C1=CN(C(=O)c2ccc(Cl)cc2Cl)CC(C)(C)c2c1[nH]c1ccccc21. The summed E-state index contributed by atoms with van der Waals surface area (Å²) in [6, 6.07) is 12.7. The highest BCUT2D eigenvalue weighted by Gasteiger charge is 2.37. The predicted octanol–water partition coefficient (Wildman–Crippen LogP) is 6.20. The van der Waals surface area contributed by atoms with Gasteiger partial charge in [0.25, 0.3) is 5.91 Å². The number of aromatic amines is 1. The first kappa shape index (κ1) is 22.4.